The van der Waals surface area contributed by atoms with Crippen LogP contribution in [-0.4, -0.2) is 25.8 Å². The number of aromatic amines is 1. The van der Waals surface area contributed by atoms with Gasteiger partial charge in [0.15, 0.2) is 5.82 Å². The summed E-state index contributed by atoms with van der Waals surface area (Å²) < 4.78 is 5.80. The van der Waals surface area contributed by atoms with Crippen LogP contribution in [0.1, 0.15) is 16.4 Å². The van der Waals surface area contributed by atoms with Gasteiger partial charge in [-0.15, -0.1) is 5.10 Å². The van der Waals surface area contributed by atoms with Crippen molar-refractivity contribution in [3.05, 3.63) is 28.1 Å². The maximum absolute atomic E-state index is 11.6. The van der Waals surface area contributed by atoms with E-state index in [-0.39, 0.29) is 11.6 Å². The van der Waals surface area contributed by atoms with E-state index in [9.17, 15) is 9.59 Å². The van der Waals surface area contributed by atoms with Gasteiger partial charge in [0.2, 0.25) is 5.82 Å². The molecule has 84 valence electrons. The van der Waals surface area contributed by atoms with Crippen LogP contribution in [0.3, 0.4) is 0 Å². The monoisotopic (exact) mass is 223 g/mol. The molecule has 0 unspecified atom stereocenters. The molecule has 0 aromatic carbocycles. The predicted molar refractivity (Wildman–Crippen MR) is 53.0 cm³/mol. The molecule has 8 heteroatoms. The van der Waals surface area contributed by atoms with Crippen molar-refractivity contribution in [2.45, 2.75) is 6.92 Å². The van der Waals surface area contributed by atoms with Crippen LogP contribution in [0.2, 0.25) is 0 Å². The smallest absolute Gasteiger partial charge is 0.343 e. The third-order valence-corrected chi connectivity index (χ3v) is 1.85. The molecule has 0 aliphatic carbocycles. The van der Waals surface area contributed by atoms with Crippen molar-refractivity contribution >= 4 is 11.7 Å². The maximum Gasteiger partial charge on any atom is 0.343 e. The summed E-state index contributed by atoms with van der Waals surface area (Å²) in [5, 5.41) is 9.70. The highest BCUT2D eigenvalue weighted by atomic mass is 16.5. The molecule has 1 amide bonds. The zero-order chi connectivity index (χ0) is 11.7. The highest BCUT2D eigenvalue weighted by Crippen LogP contribution is 2.07. The van der Waals surface area contributed by atoms with Crippen molar-refractivity contribution in [2.24, 2.45) is 7.05 Å². The lowest BCUT2D eigenvalue weighted by molar-refractivity contribution is 0.101. The largest absolute Gasteiger partial charge is 0.360 e. The Hall–Kier alpha value is -2.38. The normalized spacial score (nSPS) is 10.4. The first-order valence-electron chi connectivity index (χ1n) is 4.44. The molecule has 0 atom stereocenters. The van der Waals surface area contributed by atoms with Gasteiger partial charge in [-0.2, -0.15) is 0 Å². The van der Waals surface area contributed by atoms with Crippen LogP contribution in [0, 0.1) is 6.92 Å². The molecule has 2 heterocycles. The molecule has 16 heavy (non-hydrogen) atoms. The average Bonchev–Trinajstić information content (AvgIpc) is 2.75. The quantitative estimate of drug-likeness (QED) is 0.724. The number of nitrogens with one attached hydrogen (secondary N) is 2. The number of aryl methyl sites for hydroxylation is 2. The molecule has 0 radical (unpaired) electrons. The van der Waals surface area contributed by atoms with Crippen molar-refractivity contribution in [3.8, 4) is 0 Å². The number of carbonyl (C=O) groups excluding carboxylic acids is 1. The van der Waals surface area contributed by atoms with E-state index in [0.717, 1.165) is 4.68 Å². The first-order valence-corrected chi connectivity index (χ1v) is 4.44. The summed E-state index contributed by atoms with van der Waals surface area (Å²) in [6.07, 6.45) is 0. The summed E-state index contributed by atoms with van der Waals surface area (Å²) in [6, 6.07) is 1.55. The van der Waals surface area contributed by atoms with Crippen LogP contribution in [0.25, 0.3) is 0 Å². The summed E-state index contributed by atoms with van der Waals surface area (Å²) >= 11 is 0. The summed E-state index contributed by atoms with van der Waals surface area (Å²) in [7, 11) is 1.44. The Labute approximate surface area is 89.2 Å². The van der Waals surface area contributed by atoms with Gasteiger partial charge in [-0.1, -0.05) is 5.16 Å². The minimum Gasteiger partial charge on any atom is -0.360 e. The second-order valence-corrected chi connectivity index (χ2v) is 3.18. The van der Waals surface area contributed by atoms with E-state index in [1.54, 1.807) is 13.0 Å². The van der Waals surface area contributed by atoms with Crippen molar-refractivity contribution in [1.29, 1.82) is 0 Å². The third-order valence-electron chi connectivity index (χ3n) is 1.85. The van der Waals surface area contributed by atoms with Crippen LogP contribution in [-0.2, 0) is 7.05 Å². The van der Waals surface area contributed by atoms with Crippen molar-refractivity contribution in [3.63, 3.8) is 0 Å². The molecule has 0 aliphatic rings. The van der Waals surface area contributed by atoms with Crippen molar-refractivity contribution in [1.82, 2.24) is 19.9 Å². The van der Waals surface area contributed by atoms with E-state index in [1.165, 1.54) is 7.05 Å². The Morgan fingerprint density at radius 2 is 2.38 bits per heavy atom. The zero-order valence-electron chi connectivity index (χ0n) is 8.64. The van der Waals surface area contributed by atoms with E-state index < -0.39 is 11.6 Å². The molecule has 0 saturated carbocycles. The Balaban J connectivity index is 2.17. The lowest BCUT2D eigenvalue weighted by Gasteiger charge is -1.95. The third kappa shape index (κ3) is 1.85. The Morgan fingerprint density at radius 3 is 2.88 bits per heavy atom. The average molecular weight is 223 g/mol. The van der Waals surface area contributed by atoms with Crippen LogP contribution in [0.15, 0.2) is 15.4 Å². The first kappa shape index (κ1) is 10.1. The van der Waals surface area contributed by atoms with Gasteiger partial charge < -0.3 is 9.84 Å². The maximum atomic E-state index is 11.6. The molecule has 2 aromatic heterocycles. The highest BCUT2D eigenvalue weighted by molar-refractivity contribution is 6.00. The molecule has 0 aliphatic heterocycles. The molecule has 2 N–H and O–H groups in total. The van der Waals surface area contributed by atoms with Gasteiger partial charge in [0.05, 0.1) is 0 Å². The van der Waals surface area contributed by atoms with Gasteiger partial charge in [0.25, 0.3) is 5.91 Å². The number of amides is 1. The first-order chi connectivity index (χ1) is 7.56. The summed E-state index contributed by atoms with van der Waals surface area (Å²) in [4.78, 5) is 24.9. The van der Waals surface area contributed by atoms with Crippen molar-refractivity contribution < 1.29 is 9.32 Å². The number of rotatable bonds is 2. The molecule has 0 bridgehead atoms. The van der Waals surface area contributed by atoms with Gasteiger partial charge in [-0.25, -0.2) is 9.48 Å². The van der Waals surface area contributed by atoms with Crippen LogP contribution >= 0.6 is 0 Å². The number of hydrogen-bond donors (Lipinski definition) is 2. The lowest BCUT2D eigenvalue weighted by atomic mass is 10.4. The number of aromatic nitrogens is 4. The summed E-state index contributed by atoms with van der Waals surface area (Å²) in [5.74, 6) is 0.220. The van der Waals surface area contributed by atoms with Gasteiger partial charge in [-0.05, 0) is 6.92 Å². The summed E-state index contributed by atoms with van der Waals surface area (Å²) in [6.45, 7) is 1.70. The fraction of sp³-hybridized carbons (Fsp3) is 0.250. The molecule has 2 aromatic rings. The van der Waals surface area contributed by atoms with Crippen LogP contribution in [0.4, 0.5) is 5.82 Å². The van der Waals surface area contributed by atoms with E-state index >= 15 is 0 Å². The van der Waals surface area contributed by atoms with Gasteiger partial charge in [0.1, 0.15) is 5.76 Å². The second kappa shape index (κ2) is 3.65. The minimum atomic E-state index is -0.550. The summed E-state index contributed by atoms with van der Waals surface area (Å²) in [5.41, 5.74) is -0.457. The van der Waals surface area contributed by atoms with E-state index in [0.29, 0.717) is 5.76 Å². The molecule has 0 saturated heterocycles. The number of carbonyl (C=O) groups is 1. The molecule has 0 spiro atoms. The number of anilines is 1. The fourth-order valence-electron chi connectivity index (χ4n) is 1.11. The molecular formula is C8H9N5O3. The number of hydrogen-bond acceptors (Lipinski definition) is 5. The molecule has 8 nitrogen and oxygen atoms in total. The van der Waals surface area contributed by atoms with E-state index in [2.05, 4.69) is 20.6 Å². The minimum absolute atomic E-state index is 0.0758. The Kier molecular flexibility index (Phi) is 2.31. The predicted octanol–water partition coefficient (Wildman–Crippen LogP) is -0.343. The van der Waals surface area contributed by atoms with E-state index in [4.69, 9.17) is 4.52 Å². The van der Waals surface area contributed by atoms with Crippen LogP contribution in [0.5, 0.6) is 0 Å². The van der Waals surface area contributed by atoms with E-state index in [1.807, 2.05) is 0 Å². The zero-order valence-corrected chi connectivity index (χ0v) is 8.64. The van der Waals surface area contributed by atoms with Crippen molar-refractivity contribution in [2.75, 3.05) is 5.32 Å². The number of H-pyrrole nitrogens is 1. The highest BCUT2D eigenvalue weighted by Gasteiger charge is 2.13. The van der Waals surface area contributed by atoms with Gasteiger partial charge in [-0.3, -0.25) is 9.78 Å². The van der Waals surface area contributed by atoms with Gasteiger partial charge >= 0.3 is 5.69 Å². The second-order valence-electron chi connectivity index (χ2n) is 3.18. The van der Waals surface area contributed by atoms with Crippen LogP contribution < -0.4 is 11.0 Å². The lowest BCUT2D eigenvalue weighted by Crippen LogP contribution is -2.15. The fourth-order valence-corrected chi connectivity index (χ4v) is 1.11. The molecule has 0 fully saturated rings. The van der Waals surface area contributed by atoms with Gasteiger partial charge in [0, 0.05) is 13.1 Å². The molecule has 2 rings (SSSR count). The topological polar surface area (TPSA) is 106 Å². The SMILES string of the molecule is Cc1cc(NC(=O)c2nn(C)c(=O)[nH]2)no1. The Bertz CT molecular complexity index is 579. The standard InChI is InChI=1S/C8H9N5O3/c1-4-3-5(12-16-4)9-7(14)6-10-8(15)13(2)11-6/h3H,1-2H3,(H,9,12,14)(H,10,11,15). The number of nitrogens with zero attached hydrogens (tertiary/aromatic N) is 3. The molecular weight excluding hydrogens is 214 g/mol. The Morgan fingerprint density at radius 1 is 1.62 bits per heavy atom.